The van der Waals surface area contributed by atoms with E-state index in [4.69, 9.17) is 9.84 Å². The van der Waals surface area contributed by atoms with E-state index < -0.39 is 11.6 Å². The van der Waals surface area contributed by atoms with E-state index in [9.17, 15) is 9.90 Å². The molecule has 112 valence electrons. The first-order valence-electron chi connectivity index (χ1n) is 6.72. The van der Waals surface area contributed by atoms with Gasteiger partial charge in [-0.1, -0.05) is 6.92 Å². The highest BCUT2D eigenvalue weighted by Crippen LogP contribution is 2.12. The summed E-state index contributed by atoms with van der Waals surface area (Å²) in [5.41, 5.74) is -0.478. The van der Waals surface area contributed by atoms with Crippen molar-refractivity contribution in [3.8, 4) is 5.75 Å². The van der Waals surface area contributed by atoms with Gasteiger partial charge in [0.2, 0.25) is 0 Å². The monoisotopic (exact) mass is 281 g/mol. The number of carboxylic acid groups (broad SMARTS) is 1. The molecule has 0 fully saturated rings. The summed E-state index contributed by atoms with van der Waals surface area (Å²) >= 11 is 0. The Morgan fingerprint density at radius 2 is 1.90 bits per heavy atom. The van der Waals surface area contributed by atoms with Crippen LogP contribution in [0.3, 0.4) is 0 Å². The third-order valence-corrected chi connectivity index (χ3v) is 2.84. The van der Waals surface area contributed by atoms with E-state index in [2.05, 4.69) is 4.90 Å². The van der Waals surface area contributed by atoms with Gasteiger partial charge in [0, 0.05) is 13.1 Å². The van der Waals surface area contributed by atoms with Crippen molar-refractivity contribution in [3.63, 3.8) is 0 Å². The molecule has 20 heavy (non-hydrogen) atoms. The number of hydrogen-bond donors (Lipinski definition) is 2. The molecule has 0 aromatic heterocycles. The highest BCUT2D eigenvalue weighted by atomic mass is 16.5. The Kier molecular flexibility index (Phi) is 5.98. The van der Waals surface area contributed by atoms with Gasteiger partial charge in [0.25, 0.3) is 0 Å². The Balaban J connectivity index is 2.41. The van der Waals surface area contributed by atoms with Crippen LogP contribution in [0.25, 0.3) is 0 Å². The van der Waals surface area contributed by atoms with Crippen molar-refractivity contribution in [1.29, 1.82) is 0 Å². The number of hydrogen-bond acceptors (Lipinski definition) is 4. The van der Waals surface area contributed by atoms with Gasteiger partial charge in [-0.2, -0.15) is 0 Å². The van der Waals surface area contributed by atoms with Crippen molar-refractivity contribution >= 4 is 5.97 Å². The Labute approximate surface area is 119 Å². The molecular weight excluding hydrogens is 258 g/mol. The van der Waals surface area contributed by atoms with Crippen molar-refractivity contribution < 1.29 is 19.7 Å². The van der Waals surface area contributed by atoms with Crippen LogP contribution in [-0.2, 0) is 0 Å². The number of ether oxygens (including phenoxy) is 1. The van der Waals surface area contributed by atoms with Crippen molar-refractivity contribution in [2.24, 2.45) is 0 Å². The largest absolute Gasteiger partial charge is 0.492 e. The summed E-state index contributed by atoms with van der Waals surface area (Å²) in [7, 11) is 0. The first-order chi connectivity index (χ1) is 9.31. The predicted octanol–water partition coefficient (Wildman–Crippen LogP) is 1.86. The molecule has 1 aromatic rings. The van der Waals surface area contributed by atoms with Gasteiger partial charge in [-0.25, -0.2) is 4.79 Å². The smallest absolute Gasteiger partial charge is 0.335 e. The highest BCUT2D eigenvalue weighted by Gasteiger charge is 2.16. The normalized spacial score (nSPS) is 11.7. The highest BCUT2D eigenvalue weighted by molar-refractivity contribution is 5.87. The standard InChI is InChI=1S/C15H23NO4/c1-4-16(11-15(2,3)19)9-10-20-13-7-5-12(6-8-13)14(17)18/h5-8,19H,4,9-11H2,1-3H3,(H,17,18). The van der Waals surface area contributed by atoms with E-state index in [1.165, 1.54) is 12.1 Å². The van der Waals surface area contributed by atoms with Gasteiger partial charge in [-0.15, -0.1) is 0 Å². The van der Waals surface area contributed by atoms with E-state index in [0.29, 0.717) is 25.4 Å². The van der Waals surface area contributed by atoms with E-state index >= 15 is 0 Å². The molecule has 2 N–H and O–H groups in total. The molecule has 0 spiro atoms. The molecule has 0 saturated carbocycles. The Morgan fingerprint density at radius 3 is 2.35 bits per heavy atom. The minimum atomic E-state index is -0.945. The summed E-state index contributed by atoms with van der Waals surface area (Å²) in [6.07, 6.45) is 0. The SMILES string of the molecule is CCN(CCOc1ccc(C(=O)O)cc1)CC(C)(C)O. The summed E-state index contributed by atoms with van der Waals surface area (Å²) in [6, 6.07) is 6.34. The van der Waals surface area contributed by atoms with Gasteiger partial charge in [0.1, 0.15) is 12.4 Å². The predicted molar refractivity (Wildman–Crippen MR) is 77.3 cm³/mol. The van der Waals surface area contributed by atoms with Crippen LogP contribution in [0.1, 0.15) is 31.1 Å². The van der Waals surface area contributed by atoms with Crippen LogP contribution in [0.15, 0.2) is 24.3 Å². The molecule has 0 aliphatic carbocycles. The fourth-order valence-corrected chi connectivity index (χ4v) is 1.88. The molecule has 0 heterocycles. The minimum absolute atomic E-state index is 0.245. The van der Waals surface area contributed by atoms with Gasteiger partial charge in [-0.05, 0) is 44.7 Å². The molecule has 0 aliphatic rings. The Morgan fingerprint density at radius 1 is 1.30 bits per heavy atom. The summed E-state index contributed by atoms with van der Waals surface area (Å²) in [5, 5.41) is 18.6. The second-order valence-electron chi connectivity index (χ2n) is 5.36. The fraction of sp³-hybridized carbons (Fsp3) is 0.533. The summed E-state index contributed by atoms with van der Waals surface area (Å²) in [6.45, 7) is 8.23. The van der Waals surface area contributed by atoms with Crippen molar-refractivity contribution in [3.05, 3.63) is 29.8 Å². The summed E-state index contributed by atoms with van der Waals surface area (Å²) in [4.78, 5) is 12.8. The summed E-state index contributed by atoms with van der Waals surface area (Å²) < 4.78 is 5.57. The first kappa shape index (κ1) is 16.5. The maximum Gasteiger partial charge on any atom is 0.335 e. The first-order valence-corrected chi connectivity index (χ1v) is 6.72. The average Bonchev–Trinajstić information content (AvgIpc) is 2.36. The van der Waals surface area contributed by atoms with Crippen LogP contribution in [0.4, 0.5) is 0 Å². The number of benzene rings is 1. The Bertz CT molecular complexity index is 422. The van der Waals surface area contributed by atoms with Crippen molar-refractivity contribution in [2.45, 2.75) is 26.4 Å². The van der Waals surface area contributed by atoms with Crippen LogP contribution < -0.4 is 4.74 Å². The minimum Gasteiger partial charge on any atom is -0.492 e. The molecule has 0 bridgehead atoms. The van der Waals surface area contributed by atoms with E-state index in [1.807, 2.05) is 6.92 Å². The molecule has 0 unspecified atom stereocenters. The number of nitrogens with zero attached hydrogens (tertiary/aromatic N) is 1. The fourth-order valence-electron chi connectivity index (χ4n) is 1.88. The van der Waals surface area contributed by atoms with E-state index in [-0.39, 0.29) is 5.56 Å². The molecule has 0 atom stereocenters. The molecule has 0 amide bonds. The molecule has 0 saturated heterocycles. The lowest BCUT2D eigenvalue weighted by molar-refractivity contribution is 0.0340. The van der Waals surface area contributed by atoms with Gasteiger partial charge in [0.05, 0.1) is 11.2 Å². The lowest BCUT2D eigenvalue weighted by atomic mass is 10.1. The number of aromatic carboxylic acids is 1. The average molecular weight is 281 g/mol. The van der Waals surface area contributed by atoms with Gasteiger partial charge < -0.3 is 14.9 Å². The lowest BCUT2D eigenvalue weighted by Gasteiger charge is -2.27. The molecule has 0 aliphatic heterocycles. The molecule has 0 radical (unpaired) electrons. The number of aliphatic hydroxyl groups is 1. The maximum absolute atomic E-state index is 10.7. The van der Waals surface area contributed by atoms with E-state index in [1.54, 1.807) is 26.0 Å². The summed E-state index contributed by atoms with van der Waals surface area (Å²) in [5.74, 6) is -0.298. The maximum atomic E-state index is 10.7. The van der Waals surface area contributed by atoms with Crippen LogP contribution in [-0.4, -0.2) is 52.9 Å². The van der Waals surface area contributed by atoms with Crippen molar-refractivity contribution in [2.75, 3.05) is 26.2 Å². The lowest BCUT2D eigenvalue weighted by Crippen LogP contribution is -2.40. The zero-order valence-corrected chi connectivity index (χ0v) is 12.3. The molecular formula is C15H23NO4. The zero-order valence-electron chi connectivity index (χ0n) is 12.3. The van der Waals surface area contributed by atoms with Gasteiger partial charge in [0.15, 0.2) is 0 Å². The van der Waals surface area contributed by atoms with Gasteiger partial charge >= 0.3 is 5.97 Å². The molecule has 1 aromatic carbocycles. The second kappa shape index (κ2) is 7.26. The topological polar surface area (TPSA) is 70.0 Å². The van der Waals surface area contributed by atoms with E-state index in [0.717, 1.165) is 6.54 Å². The third kappa shape index (κ3) is 6.04. The van der Waals surface area contributed by atoms with Crippen LogP contribution in [0, 0.1) is 0 Å². The molecule has 5 heteroatoms. The third-order valence-electron chi connectivity index (χ3n) is 2.84. The molecule has 1 rings (SSSR count). The number of likely N-dealkylation sites (N-methyl/N-ethyl adjacent to an activating group) is 1. The quantitative estimate of drug-likeness (QED) is 0.761. The van der Waals surface area contributed by atoms with Gasteiger partial charge in [-0.3, -0.25) is 4.90 Å². The molecule has 5 nitrogen and oxygen atoms in total. The number of carbonyl (C=O) groups is 1. The number of rotatable bonds is 8. The Hall–Kier alpha value is -1.59. The van der Waals surface area contributed by atoms with Crippen LogP contribution >= 0.6 is 0 Å². The zero-order chi connectivity index (χ0) is 15.2. The second-order valence-corrected chi connectivity index (χ2v) is 5.36. The van der Waals surface area contributed by atoms with Crippen LogP contribution in [0.2, 0.25) is 0 Å². The number of carboxylic acids is 1. The van der Waals surface area contributed by atoms with Crippen molar-refractivity contribution in [1.82, 2.24) is 4.90 Å². The van der Waals surface area contributed by atoms with Crippen LogP contribution in [0.5, 0.6) is 5.75 Å².